The van der Waals surface area contributed by atoms with Crippen LogP contribution in [0, 0.1) is 11.7 Å². The molecule has 2 fully saturated rings. The number of hydrogen-bond donors (Lipinski definition) is 3. The Morgan fingerprint density at radius 3 is 2.29 bits per heavy atom. The smallest absolute Gasteiger partial charge is 0.270 e. The first-order chi connectivity index (χ1) is 21.6. The number of anilines is 1. The van der Waals surface area contributed by atoms with Gasteiger partial charge in [-0.25, -0.2) is 4.39 Å². The van der Waals surface area contributed by atoms with Crippen LogP contribution < -0.4 is 16.0 Å². The van der Waals surface area contributed by atoms with Gasteiger partial charge in [-0.15, -0.1) is 0 Å². The Labute approximate surface area is 265 Å². The van der Waals surface area contributed by atoms with Crippen molar-refractivity contribution < 1.29 is 23.6 Å². The molecule has 2 aliphatic rings. The highest BCUT2D eigenvalue weighted by molar-refractivity contribution is 6.00. The molecule has 1 aliphatic heterocycles. The number of piperazine rings is 1. The summed E-state index contributed by atoms with van der Waals surface area (Å²) in [7, 11) is 2.00. The van der Waals surface area contributed by atoms with Crippen molar-refractivity contribution in [2.45, 2.75) is 90.3 Å². The van der Waals surface area contributed by atoms with Crippen molar-refractivity contribution in [2.24, 2.45) is 5.92 Å². The predicted octanol–water partition coefficient (Wildman–Crippen LogP) is 3.52. The van der Waals surface area contributed by atoms with Gasteiger partial charge < -0.3 is 25.8 Å². The van der Waals surface area contributed by atoms with E-state index in [9.17, 15) is 19.2 Å². The van der Waals surface area contributed by atoms with Gasteiger partial charge in [0, 0.05) is 51.3 Å². The Morgan fingerprint density at radius 2 is 1.67 bits per heavy atom. The van der Waals surface area contributed by atoms with Crippen LogP contribution in [0.25, 0.3) is 0 Å². The molecular weight excluding hydrogens is 577 g/mol. The Balaban J connectivity index is 1.52. The number of likely N-dealkylation sites (N-methyl/N-ethyl adjacent to an activating group) is 1. The van der Waals surface area contributed by atoms with Crippen LogP contribution >= 0.6 is 0 Å². The molecule has 3 N–H and O–H groups in total. The Hall–Kier alpha value is -3.80. The maximum absolute atomic E-state index is 15.6. The van der Waals surface area contributed by atoms with Gasteiger partial charge >= 0.3 is 0 Å². The maximum atomic E-state index is 15.6. The van der Waals surface area contributed by atoms with E-state index >= 15 is 4.39 Å². The van der Waals surface area contributed by atoms with Gasteiger partial charge in [-0.3, -0.25) is 23.9 Å². The number of aromatic nitrogens is 2. The van der Waals surface area contributed by atoms with E-state index in [2.05, 4.69) is 25.9 Å². The minimum absolute atomic E-state index is 0.0121. The molecule has 12 heteroatoms. The third kappa shape index (κ3) is 8.68. The summed E-state index contributed by atoms with van der Waals surface area (Å²) < 4.78 is 17.2. The van der Waals surface area contributed by atoms with Gasteiger partial charge in [-0.2, -0.15) is 5.10 Å². The second kappa shape index (κ2) is 16.0. The lowest BCUT2D eigenvalue weighted by molar-refractivity contribution is -0.138. The zero-order valence-electron chi connectivity index (χ0n) is 27.0. The number of carbonyl (C=O) groups excluding carboxylic acids is 4. The lowest BCUT2D eigenvalue weighted by atomic mass is 9.90. The molecule has 2 aromatic rings. The molecule has 11 nitrogen and oxygen atoms in total. The van der Waals surface area contributed by atoms with E-state index in [-0.39, 0.29) is 29.8 Å². The molecule has 45 heavy (non-hydrogen) atoms. The highest BCUT2D eigenvalue weighted by Gasteiger charge is 2.34. The molecule has 3 atom stereocenters. The monoisotopic (exact) mass is 625 g/mol. The first-order valence-electron chi connectivity index (χ1n) is 16.3. The van der Waals surface area contributed by atoms with Crippen molar-refractivity contribution in [3.63, 3.8) is 0 Å². The molecule has 4 amide bonds. The highest BCUT2D eigenvalue weighted by atomic mass is 19.1. The predicted molar refractivity (Wildman–Crippen MR) is 170 cm³/mol. The van der Waals surface area contributed by atoms with Crippen molar-refractivity contribution in [2.75, 3.05) is 38.5 Å². The number of rotatable bonds is 11. The second-order valence-corrected chi connectivity index (χ2v) is 12.3. The Morgan fingerprint density at radius 1 is 0.978 bits per heavy atom. The summed E-state index contributed by atoms with van der Waals surface area (Å²) in [6, 6.07) is 4.38. The van der Waals surface area contributed by atoms with Crippen molar-refractivity contribution in [3.05, 3.63) is 47.5 Å². The van der Waals surface area contributed by atoms with Crippen LogP contribution in [0.2, 0.25) is 0 Å². The fourth-order valence-electron chi connectivity index (χ4n) is 6.25. The van der Waals surface area contributed by atoms with Crippen LogP contribution in [-0.2, 0) is 20.9 Å². The van der Waals surface area contributed by atoms with E-state index in [1.165, 1.54) is 12.1 Å². The van der Waals surface area contributed by atoms with Crippen molar-refractivity contribution in [3.8, 4) is 0 Å². The summed E-state index contributed by atoms with van der Waals surface area (Å²) in [6.07, 6.45) is 7.42. The number of benzene rings is 1. The summed E-state index contributed by atoms with van der Waals surface area (Å²) in [4.78, 5) is 56.7. The minimum atomic E-state index is -0.855. The Bertz CT molecular complexity index is 1330. The van der Waals surface area contributed by atoms with Crippen molar-refractivity contribution in [1.29, 1.82) is 0 Å². The van der Waals surface area contributed by atoms with Crippen molar-refractivity contribution in [1.82, 2.24) is 30.2 Å². The van der Waals surface area contributed by atoms with Gasteiger partial charge in [0.1, 0.15) is 23.6 Å². The van der Waals surface area contributed by atoms with Crippen LogP contribution in [0.1, 0.15) is 87.7 Å². The normalized spacial score (nSPS) is 18.4. The van der Waals surface area contributed by atoms with Crippen LogP contribution in [0.3, 0.4) is 0 Å². The topological polar surface area (TPSA) is 129 Å². The van der Waals surface area contributed by atoms with E-state index in [0.29, 0.717) is 30.9 Å². The molecule has 1 aromatic heterocycles. The lowest BCUT2D eigenvalue weighted by Gasteiger charge is -2.36. The number of halogens is 1. The Kier molecular flexibility index (Phi) is 12.1. The molecule has 1 saturated heterocycles. The summed E-state index contributed by atoms with van der Waals surface area (Å²) in [5.74, 6) is -2.58. The van der Waals surface area contributed by atoms with Crippen molar-refractivity contribution >= 4 is 29.3 Å². The number of aryl methyl sites for hydroxylation is 1. The second-order valence-electron chi connectivity index (χ2n) is 12.3. The first-order valence-corrected chi connectivity index (χ1v) is 16.3. The number of nitrogens with one attached hydrogen (secondary N) is 3. The third-order valence-corrected chi connectivity index (χ3v) is 9.18. The molecule has 4 rings (SSSR count). The molecule has 1 aromatic carbocycles. The molecule has 0 spiro atoms. The average Bonchev–Trinajstić information content (AvgIpc) is 3.37. The summed E-state index contributed by atoms with van der Waals surface area (Å²) in [5, 5.41) is 12.7. The van der Waals surface area contributed by atoms with Gasteiger partial charge in [0.05, 0.1) is 5.69 Å². The number of amides is 4. The number of nitrogens with zero attached hydrogens (tertiary/aromatic N) is 4. The van der Waals surface area contributed by atoms with Crippen LogP contribution in [-0.4, -0.2) is 88.5 Å². The molecule has 2 heterocycles. The third-order valence-electron chi connectivity index (χ3n) is 9.18. The highest BCUT2D eigenvalue weighted by Crippen LogP contribution is 2.29. The van der Waals surface area contributed by atoms with E-state index < -0.39 is 35.6 Å². The molecule has 0 bridgehead atoms. The fraction of sp³-hybridized carbons (Fsp3) is 0.606. The first kappa shape index (κ1) is 34.1. The zero-order valence-corrected chi connectivity index (χ0v) is 27.0. The molecular formula is C33H48FN7O4. The number of carbonyl (C=O) groups is 4. The summed E-state index contributed by atoms with van der Waals surface area (Å²) in [5.41, 5.74) is 0.877. The molecule has 1 saturated carbocycles. The van der Waals surface area contributed by atoms with Crippen LogP contribution in [0.4, 0.5) is 10.1 Å². The zero-order chi connectivity index (χ0) is 32.5. The standard InChI is InChI=1S/C33H48FN7O4/c1-5-28(42)37-29(33(45)40-19-17-39(4)18-20-40)22(3)24-13-14-26(25(34)21-24)36-32(44)30(23-11-9-7-8-10-12-23)38-31(43)27-15-16-35-41(27)6-2/h13-16,21-23,29-30H,5-12,17-20H2,1-4H3,(H,36,44)(H,37,42)(H,38,43)/t22-,29+,30-/m0/s1. The minimum Gasteiger partial charge on any atom is -0.344 e. The summed E-state index contributed by atoms with van der Waals surface area (Å²) >= 11 is 0. The SMILES string of the molecule is CCC(=O)N[C@@H](C(=O)N1CCN(C)CC1)[C@@H](C)c1ccc(NC(=O)[C@@H](NC(=O)c2ccnn2CC)C2CCCCCC2)c(F)c1. The molecule has 0 unspecified atom stereocenters. The van der Waals surface area contributed by atoms with Gasteiger partial charge in [-0.1, -0.05) is 45.6 Å². The van der Waals surface area contributed by atoms with E-state index in [1.807, 2.05) is 14.0 Å². The molecule has 246 valence electrons. The van der Waals surface area contributed by atoms with Crippen LogP contribution in [0.5, 0.6) is 0 Å². The van der Waals surface area contributed by atoms with Gasteiger partial charge in [0.15, 0.2) is 0 Å². The maximum Gasteiger partial charge on any atom is 0.270 e. The van der Waals surface area contributed by atoms with Gasteiger partial charge in [0.2, 0.25) is 17.7 Å². The largest absolute Gasteiger partial charge is 0.344 e. The van der Waals surface area contributed by atoms with E-state index in [1.54, 1.807) is 41.8 Å². The number of hydrogen-bond acceptors (Lipinski definition) is 6. The van der Waals surface area contributed by atoms with E-state index in [0.717, 1.165) is 51.6 Å². The molecule has 0 radical (unpaired) electrons. The summed E-state index contributed by atoms with van der Waals surface area (Å²) in [6.45, 7) is 8.49. The quantitative estimate of drug-likeness (QED) is 0.328. The van der Waals surface area contributed by atoms with Gasteiger partial charge in [-0.05, 0) is 56.5 Å². The van der Waals surface area contributed by atoms with Crippen LogP contribution in [0.15, 0.2) is 30.5 Å². The molecule has 1 aliphatic carbocycles. The van der Waals surface area contributed by atoms with E-state index in [4.69, 9.17) is 0 Å². The average molecular weight is 626 g/mol. The fourth-order valence-corrected chi connectivity index (χ4v) is 6.25. The van der Waals surface area contributed by atoms with Gasteiger partial charge in [0.25, 0.3) is 5.91 Å². The lowest BCUT2D eigenvalue weighted by Crippen LogP contribution is -2.55.